The minimum absolute atomic E-state index is 0.530. The average Bonchev–Trinajstić information content (AvgIpc) is 2.91. The highest BCUT2D eigenvalue weighted by atomic mass is 16.5. The van der Waals surface area contributed by atoms with Crippen molar-refractivity contribution in [1.82, 2.24) is 10.2 Å². The lowest BCUT2D eigenvalue weighted by Gasteiger charge is -2.23. The van der Waals surface area contributed by atoms with E-state index in [0.717, 1.165) is 32.7 Å². The third-order valence-corrected chi connectivity index (χ3v) is 3.67. The van der Waals surface area contributed by atoms with Crippen LogP contribution >= 0.6 is 0 Å². The Balaban J connectivity index is 1.90. The third kappa shape index (κ3) is 4.60. The Morgan fingerprint density at radius 1 is 1.37 bits per heavy atom. The molecule has 3 nitrogen and oxygen atoms in total. The first-order valence-electron chi connectivity index (χ1n) is 7.24. The van der Waals surface area contributed by atoms with Crippen molar-refractivity contribution < 1.29 is 4.74 Å². The maximum atomic E-state index is 5.45. The van der Waals surface area contributed by atoms with Crippen LogP contribution in [0.4, 0.5) is 0 Å². The Morgan fingerprint density at radius 3 is 2.84 bits per heavy atom. The number of ether oxygens (including phenoxy) is 1. The zero-order chi connectivity index (χ0) is 13.7. The quantitative estimate of drug-likeness (QED) is 0.852. The van der Waals surface area contributed by atoms with Gasteiger partial charge in [0.05, 0.1) is 6.61 Å². The summed E-state index contributed by atoms with van der Waals surface area (Å²) in [5.41, 5.74) is 2.75. The van der Waals surface area contributed by atoms with Crippen LogP contribution in [0.5, 0.6) is 0 Å². The largest absolute Gasteiger partial charge is 0.380 e. The zero-order valence-corrected chi connectivity index (χ0v) is 12.4. The van der Waals surface area contributed by atoms with Crippen LogP contribution in [-0.4, -0.2) is 37.2 Å². The number of benzene rings is 1. The van der Waals surface area contributed by atoms with Crippen LogP contribution in [-0.2, 0) is 17.8 Å². The molecule has 1 heterocycles. The van der Waals surface area contributed by atoms with Gasteiger partial charge in [0.25, 0.3) is 0 Å². The van der Waals surface area contributed by atoms with Crippen LogP contribution in [0.2, 0.25) is 0 Å². The minimum atomic E-state index is 0.530. The molecule has 2 rings (SSSR count). The van der Waals surface area contributed by atoms with E-state index in [4.69, 9.17) is 4.74 Å². The van der Waals surface area contributed by atoms with Crippen LogP contribution in [0.1, 0.15) is 31.4 Å². The number of hydrogen-bond donors (Lipinski definition) is 1. The maximum Gasteiger partial charge on any atom is 0.0622 e. The van der Waals surface area contributed by atoms with Crippen molar-refractivity contribution in [1.29, 1.82) is 0 Å². The third-order valence-electron chi connectivity index (χ3n) is 3.67. The van der Waals surface area contributed by atoms with Crippen LogP contribution in [0.15, 0.2) is 24.3 Å². The molecule has 1 unspecified atom stereocenters. The summed E-state index contributed by atoms with van der Waals surface area (Å²) in [5, 5.41) is 3.46. The van der Waals surface area contributed by atoms with Crippen molar-refractivity contribution >= 4 is 0 Å². The van der Waals surface area contributed by atoms with Gasteiger partial charge in [-0.15, -0.1) is 0 Å². The van der Waals surface area contributed by atoms with Gasteiger partial charge in [-0.05, 0) is 24.6 Å². The molecule has 0 aliphatic carbocycles. The van der Waals surface area contributed by atoms with E-state index in [2.05, 4.69) is 55.4 Å². The zero-order valence-electron chi connectivity index (χ0n) is 12.4. The molecule has 0 spiro atoms. The monoisotopic (exact) mass is 262 g/mol. The summed E-state index contributed by atoms with van der Waals surface area (Å²) in [4.78, 5) is 2.40. The van der Waals surface area contributed by atoms with Gasteiger partial charge in [-0.2, -0.15) is 0 Å². The first-order chi connectivity index (χ1) is 9.15. The molecule has 1 aliphatic rings. The summed E-state index contributed by atoms with van der Waals surface area (Å²) in [6, 6.07) is 9.98. The lowest BCUT2D eigenvalue weighted by Crippen LogP contribution is -2.31. The van der Waals surface area contributed by atoms with Gasteiger partial charge in [0.1, 0.15) is 0 Å². The van der Waals surface area contributed by atoms with Crippen molar-refractivity contribution in [2.75, 3.05) is 20.3 Å². The fourth-order valence-corrected chi connectivity index (χ4v) is 2.45. The highest BCUT2D eigenvalue weighted by Crippen LogP contribution is 2.15. The molecule has 1 saturated heterocycles. The van der Waals surface area contributed by atoms with E-state index in [-0.39, 0.29) is 0 Å². The molecular formula is C16H26N2O. The van der Waals surface area contributed by atoms with Gasteiger partial charge in [0.2, 0.25) is 0 Å². The van der Waals surface area contributed by atoms with Gasteiger partial charge in [-0.25, -0.2) is 0 Å². The lowest BCUT2D eigenvalue weighted by molar-refractivity contribution is 0.156. The van der Waals surface area contributed by atoms with Crippen molar-refractivity contribution in [2.24, 2.45) is 0 Å². The summed E-state index contributed by atoms with van der Waals surface area (Å²) in [6.45, 7) is 8.10. The molecule has 1 aliphatic heterocycles. The first kappa shape index (κ1) is 14.5. The molecule has 0 aromatic heterocycles. The Kier molecular flexibility index (Phi) is 5.37. The number of likely N-dealkylation sites (N-methyl/N-ethyl adjacent to an activating group) is 1. The highest BCUT2D eigenvalue weighted by molar-refractivity contribution is 5.23. The summed E-state index contributed by atoms with van der Waals surface area (Å²) >= 11 is 0. The Hall–Kier alpha value is -0.900. The van der Waals surface area contributed by atoms with Crippen molar-refractivity contribution in [2.45, 2.75) is 45.4 Å². The fourth-order valence-electron chi connectivity index (χ4n) is 2.45. The van der Waals surface area contributed by atoms with Crippen molar-refractivity contribution in [3.05, 3.63) is 35.4 Å². The molecule has 3 heteroatoms. The van der Waals surface area contributed by atoms with E-state index in [9.17, 15) is 0 Å². The molecule has 0 amide bonds. The van der Waals surface area contributed by atoms with Crippen LogP contribution in [0.25, 0.3) is 0 Å². The SMILES string of the molecule is CC(C)NCc1cccc(CN(C)C2CCOC2)c1. The second kappa shape index (κ2) is 7.04. The molecule has 1 N–H and O–H groups in total. The van der Waals surface area contributed by atoms with E-state index in [1.165, 1.54) is 11.1 Å². The summed E-state index contributed by atoms with van der Waals surface area (Å²) in [7, 11) is 2.19. The Labute approximate surface area is 116 Å². The lowest BCUT2D eigenvalue weighted by atomic mass is 10.1. The molecule has 106 valence electrons. The van der Waals surface area contributed by atoms with Crippen LogP contribution in [0.3, 0.4) is 0 Å². The van der Waals surface area contributed by atoms with E-state index in [1.54, 1.807) is 0 Å². The second-order valence-corrected chi connectivity index (χ2v) is 5.79. The van der Waals surface area contributed by atoms with Gasteiger partial charge in [-0.3, -0.25) is 4.90 Å². The van der Waals surface area contributed by atoms with E-state index in [0.29, 0.717) is 12.1 Å². The van der Waals surface area contributed by atoms with Gasteiger partial charge >= 0.3 is 0 Å². The van der Waals surface area contributed by atoms with E-state index < -0.39 is 0 Å². The summed E-state index contributed by atoms with van der Waals surface area (Å²) in [6.07, 6.45) is 1.16. The molecular weight excluding hydrogens is 236 g/mol. The average molecular weight is 262 g/mol. The molecule has 0 bridgehead atoms. The fraction of sp³-hybridized carbons (Fsp3) is 0.625. The molecule has 1 fully saturated rings. The van der Waals surface area contributed by atoms with Gasteiger partial charge in [0.15, 0.2) is 0 Å². The summed E-state index contributed by atoms with van der Waals surface area (Å²) in [5.74, 6) is 0. The van der Waals surface area contributed by atoms with Crippen molar-refractivity contribution in [3.8, 4) is 0 Å². The Morgan fingerprint density at radius 2 is 2.16 bits per heavy atom. The van der Waals surface area contributed by atoms with Crippen LogP contribution < -0.4 is 5.32 Å². The van der Waals surface area contributed by atoms with E-state index in [1.807, 2.05) is 0 Å². The molecule has 0 saturated carbocycles. The normalized spacial score (nSPS) is 19.5. The second-order valence-electron chi connectivity index (χ2n) is 5.79. The number of nitrogens with one attached hydrogen (secondary N) is 1. The van der Waals surface area contributed by atoms with Gasteiger partial charge in [0, 0.05) is 31.8 Å². The Bertz CT molecular complexity index is 386. The molecule has 0 radical (unpaired) electrons. The standard InChI is InChI=1S/C16H26N2O/c1-13(2)17-10-14-5-4-6-15(9-14)11-18(3)16-7-8-19-12-16/h4-6,9,13,16-17H,7-8,10-12H2,1-3H3. The molecule has 1 atom stereocenters. The predicted octanol–water partition coefficient (Wildman–Crippen LogP) is 2.41. The van der Waals surface area contributed by atoms with E-state index >= 15 is 0 Å². The molecule has 1 aromatic carbocycles. The van der Waals surface area contributed by atoms with Crippen LogP contribution in [0, 0.1) is 0 Å². The molecule has 19 heavy (non-hydrogen) atoms. The smallest absolute Gasteiger partial charge is 0.0622 e. The summed E-state index contributed by atoms with van der Waals surface area (Å²) < 4.78 is 5.45. The number of hydrogen-bond acceptors (Lipinski definition) is 3. The minimum Gasteiger partial charge on any atom is -0.380 e. The topological polar surface area (TPSA) is 24.5 Å². The predicted molar refractivity (Wildman–Crippen MR) is 79.1 cm³/mol. The maximum absolute atomic E-state index is 5.45. The highest BCUT2D eigenvalue weighted by Gasteiger charge is 2.20. The molecule has 1 aromatic rings. The van der Waals surface area contributed by atoms with Gasteiger partial charge in [-0.1, -0.05) is 38.1 Å². The van der Waals surface area contributed by atoms with Crippen molar-refractivity contribution in [3.63, 3.8) is 0 Å². The first-order valence-corrected chi connectivity index (χ1v) is 7.24. The van der Waals surface area contributed by atoms with Gasteiger partial charge < -0.3 is 10.1 Å². The number of nitrogens with zero attached hydrogens (tertiary/aromatic N) is 1. The number of rotatable bonds is 6.